The molecule has 2 saturated heterocycles. The van der Waals surface area contributed by atoms with Crippen molar-refractivity contribution in [2.75, 3.05) is 32.8 Å². The average Bonchev–Trinajstić information content (AvgIpc) is 3.20. The Morgan fingerprint density at radius 1 is 0.895 bits per heavy atom. The van der Waals surface area contributed by atoms with Gasteiger partial charge in [0.15, 0.2) is 5.60 Å². The summed E-state index contributed by atoms with van der Waals surface area (Å²) in [6, 6.07) is 18.9. The molecule has 2 aliphatic rings. The molecule has 4 aromatic rings. The largest absolute Gasteiger partial charge is 0.493 e. The summed E-state index contributed by atoms with van der Waals surface area (Å²) in [4.78, 5) is 31.7. The molecule has 3 N–H and O–H groups in total. The summed E-state index contributed by atoms with van der Waals surface area (Å²) in [6.45, 7) is 7.79. The van der Waals surface area contributed by atoms with Gasteiger partial charge in [0, 0.05) is 55.8 Å². The molecular weight excluding hydrogens is 748 g/mol. The van der Waals surface area contributed by atoms with Crippen molar-refractivity contribution in [1.82, 2.24) is 14.8 Å². The van der Waals surface area contributed by atoms with Gasteiger partial charge in [-0.3, -0.25) is 14.7 Å². The molecule has 1 atom stereocenters. The van der Waals surface area contributed by atoms with E-state index in [1.807, 2.05) is 36.1 Å². The predicted octanol–water partition coefficient (Wildman–Crippen LogP) is 7.17. The van der Waals surface area contributed by atoms with Crippen LogP contribution in [0.3, 0.4) is 0 Å². The minimum Gasteiger partial charge on any atom is -0.493 e. The Hall–Kier alpha value is -5.19. The third-order valence-corrected chi connectivity index (χ3v) is 11.4. The van der Waals surface area contributed by atoms with Crippen molar-refractivity contribution >= 4 is 23.5 Å². The molecule has 57 heavy (non-hydrogen) atoms. The molecule has 2 fully saturated rings. The first kappa shape index (κ1) is 41.4. The van der Waals surface area contributed by atoms with Gasteiger partial charge in [0.2, 0.25) is 0 Å². The molecule has 0 spiro atoms. The second kappa shape index (κ2) is 18.8. The lowest BCUT2D eigenvalue weighted by Crippen LogP contribution is -2.49. The molecule has 0 saturated carbocycles. The fraction of sp³-hybridized carbons (Fsp3) is 0.409. The van der Waals surface area contributed by atoms with Gasteiger partial charge in [-0.15, -0.1) is 0 Å². The smallest absolute Gasteiger partial charge is 0.335 e. The number of aliphatic carboxylic acids is 2. The molecule has 0 bridgehead atoms. The Balaban J connectivity index is 1.14. The fourth-order valence-corrected chi connectivity index (χ4v) is 7.83. The summed E-state index contributed by atoms with van der Waals surface area (Å²) in [5, 5.41) is 39.1. The van der Waals surface area contributed by atoms with Gasteiger partial charge in [0.05, 0.1) is 17.2 Å². The number of piperidine rings is 2. The van der Waals surface area contributed by atoms with E-state index in [9.17, 15) is 30.2 Å². The van der Waals surface area contributed by atoms with Crippen LogP contribution in [-0.4, -0.2) is 86.5 Å². The summed E-state index contributed by atoms with van der Waals surface area (Å²) in [7, 11) is 0. The van der Waals surface area contributed by atoms with E-state index in [1.165, 1.54) is 6.20 Å². The van der Waals surface area contributed by atoms with Gasteiger partial charge >= 0.3 is 11.9 Å². The maximum Gasteiger partial charge on any atom is 0.335 e. The number of carboxylic acids is 2. The molecule has 0 aliphatic carbocycles. The minimum absolute atomic E-state index is 0.139. The molecule has 2 aliphatic heterocycles. The van der Waals surface area contributed by atoms with E-state index in [0.717, 1.165) is 64.9 Å². The predicted molar refractivity (Wildman–Crippen MR) is 214 cm³/mol. The highest BCUT2D eigenvalue weighted by Crippen LogP contribution is 2.37. The Bertz CT molecular complexity index is 2110. The molecule has 1 aromatic heterocycles. The lowest BCUT2D eigenvalue weighted by molar-refractivity contribution is -0.163. The van der Waals surface area contributed by atoms with E-state index < -0.39 is 23.6 Å². The van der Waals surface area contributed by atoms with Crippen LogP contribution in [0.25, 0.3) is 11.1 Å². The van der Waals surface area contributed by atoms with Crippen LogP contribution >= 0.6 is 11.6 Å². The normalized spacial score (nSPS) is 17.1. The molecule has 0 unspecified atom stereocenters. The highest BCUT2D eigenvalue weighted by molar-refractivity contribution is 6.32. The van der Waals surface area contributed by atoms with Crippen molar-refractivity contribution in [3.63, 3.8) is 0 Å². The molecule has 3 aromatic carbocycles. The quantitative estimate of drug-likeness (QED) is 0.0981. The highest BCUT2D eigenvalue weighted by Gasteiger charge is 2.39. The zero-order chi connectivity index (χ0) is 40.5. The number of nitrogens with zero attached hydrogens (tertiary/aromatic N) is 4. The lowest BCUT2D eigenvalue weighted by Gasteiger charge is -2.35. The highest BCUT2D eigenvalue weighted by atomic mass is 35.5. The summed E-state index contributed by atoms with van der Waals surface area (Å²) in [5.74, 6) is -0.278. The van der Waals surface area contributed by atoms with Gasteiger partial charge in [-0.25, -0.2) is 4.79 Å². The summed E-state index contributed by atoms with van der Waals surface area (Å²) in [5.41, 5.74) is 5.36. The lowest BCUT2D eigenvalue weighted by atomic mass is 9.91. The van der Waals surface area contributed by atoms with E-state index in [0.29, 0.717) is 66.9 Å². The average molecular weight is 797 g/mol. The third-order valence-electron chi connectivity index (χ3n) is 11.1. The van der Waals surface area contributed by atoms with E-state index in [1.54, 1.807) is 24.4 Å². The van der Waals surface area contributed by atoms with Crippen LogP contribution in [0, 0.1) is 25.2 Å². The van der Waals surface area contributed by atoms with Crippen LogP contribution in [0.2, 0.25) is 5.02 Å². The number of nitriles is 1. The zero-order valence-electron chi connectivity index (χ0n) is 32.4. The number of likely N-dealkylation sites (tertiary alicyclic amines) is 2. The van der Waals surface area contributed by atoms with E-state index in [2.05, 4.69) is 35.0 Å². The summed E-state index contributed by atoms with van der Waals surface area (Å²) in [6.07, 6.45) is 6.68. The number of aromatic nitrogens is 1. The van der Waals surface area contributed by atoms with Crippen molar-refractivity contribution in [2.24, 2.45) is 0 Å². The van der Waals surface area contributed by atoms with Crippen molar-refractivity contribution in [3.8, 4) is 34.4 Å². The van der Waals surface area contributed by atoms with Gasteiger partial charge in [-0.05, 0) is 98.5 Å². The number of ether oxygens (including phenoxy) is 3. The molecule has 300 valence electrons. The van der Waals surface area contributed by atoms with Crippen molar-refractivity contribution < 1.29 is 39.1 Å². The Labute approximate surface area is 338 Å². The number of aliphatic hydroxyl groups is 1. The molecule has 3 heterocycles. The van der Waals surface area contributed by atoms with E-state index >= 15 is 0 Å². The summed E-state index contributed by atoms with van der Waals surface area (Å²) >= 11 is 6.86. The van der Waals surface area contributed by atoms with Crippen molar-refractivity contribution in [3.05, 3.63) is 105 Å². The van der Waals surface area contributed by atoms with Crippen LogP contribution in [0.15, 0.2) is 67.0 Å². The zero-order valence-corrected chi connectivity index (χ0v) is 33.1. The van der Waals surface area contributed by atoms with Crippen LogP contribution in [-0.2, 0) is 29.3 Å². The minimum atomic E-state index is -1.63. The van der Waals surface area contributed by atoms with Crippen LogP contribution < -0.4 is 14.2 Å². The summed E-state index contributed by atoms with van der Waals surface area (Å²) < 4.78 is 18.9. The van der Waals surface area contributed by atoms with E-state index in [-0.39, 0.29) is 26.1 Å². The third kappa shape index (κ3) is 10.2. The molecule has 13 heteroatoms. The second-order valence-corrected chi connectivity index (χ2v) is 15.3. The number of hydrogen-bond donors (Lipinski definition) is 3. The van der Waals surface area contributed by atoms with E-state index in [4.69, 9.17) is 25.8 Å². The van der Waals surface area contributed by atoms with Crippen molar-refractivity contribution in [1.29, 1.82) is 5.26 Å². The number of carbonyl (C=O) groups is 2. The maximum atomic E-state index is 12.1. The molecule has 12 nitrogen and oxygen atoms in total. The molecule has 6 rings (SSSR count). The maximum absolute atomic E-state index is 12.1. The van der Waals surface area contributed by atoms with Crippen LogP contribution in [0.4, 0.5) is 0 Å². The van der Waals surface area contributed by atoms with Crippen LogP contribution in [0.1, 0.15) is 71.9 Å². The monoisotopic (exact) mass is 796 g/mol. The number of benzene rings is 3. The van der Waals surface area contributed by atoms with Crippen molar-refractivity contribution in [2.45, 2.75) is 83.8 Å². The number of hydrogen-bond acceptors (Lipinski definition) is 10. The molecular formula is C44H49ClN4O8. The first-order chi connectivity index (χ1) is 27.5. The number of pyridine rings is 1. The van der Waals surface area contributed by atoms with Crippen LogP contribution in [0.5, 0.6) is 17.2 Å². The Morgan fingerprint density at radius 2 is 1.63 bits per heavy atom. The number of rotatable bonds is 16. The van der Waals surface area contributed by atoms with Gasteiger partial charge < -0.3 is 34.4 Å². The standard InChI is InChI=1S/C44H49ClN4O8/c1-29-33(8-5-9-35(29)36-10-6-12-39(30(36)2)55-19-7-15-48-17-13-44(54,14-18-48)43(52)53)28-57-41-22-40(56-27-32-20-31(23-46)24-47-25-32)34(21-37(41)45)26-49-16-4-3-11-38(49)42(50)51/h5-6,8-10,12,20-22,24-25,38,54H,3-4,7,11,13-19,26-28H2,1-2H3,(H,50,51)(H,52,53)/t38-/m0/s1. The second-order valence-electron chi connectivity index (χ2n) is 14.9. The molecule has 0 amide bonds. The first-order valence-electron chi connectivity index (χ1n) is 19.3. The number of halogens is 1. The Kier molecular flexibility index (Phi) is 13.7. The van der Waals surface area contributed by atoms with Gasteiger partial charge in [-0.1, -0.05) is 48.4 Å². The van der Waals surface area contributed by atoms with Gasteiger partial charge in [-0.2, -0.15) is 5.26 Å². The topological polar surface area (TPSA) is 166 Å². The van der Waals surface area contributed by atoms with Gasteiger partial charge in [0.25, 0.3) is 0 Å². The molecule has 0 radical (unpaired) electrons. The SMILES string of the molecule is Cc1c(COc2cc(OCc3cncc(C#N)c3)c(CN3CCCC[C@H]3C(=O)O)cc2Cl)cccc1-c1cccc(OCCCN2CCC(O)(C(=O)O)CC2)c1C. The fourth-order valence-electron chi connectivity index (χ4n) is 7.59. The van der Waals surface area contributed by atoms with Gasteiger partial charge in [0.1, 0.15) is 42.6 Å². The Morgan fingerprint density at radius 3 is 2.37 bits per heavy atom. The number of carboxylic acid groups (broad SMARTS) is 2. The first-order valence-corrected chi connectivity index (χ1v) is 19.7.